The molecule has 0 radical (unpaired) electrons. The Labute approximate surface area is 65.6 Å². The summed E-state index contributed by atoms with van der Waals surface area (Å²) in [7, 11) is 0. The molecule has 1 fully saturated rings. The van der Waals surface area contributed by atoms with Crippen molar-refractivity contribution in [3.8, 4) is 0 Å². The highest BCUT2D eigenvalue weighted by Crippen LogP contribution is 2.21. The molecule has 0 saturated carbocycles. The van der Waals surface area contributed by atoms with Crippen molar-refractivity contribution in [2.24, 2.45) is 5.92 Å². The zero-order chi connectivity index (χ0) is 7.56. The lowest BCUT2D eigenvalue weighted by molar-refractivity contribution is -0.136. The number of hydrogen-bond donors (Lipinski definition) is 0. The Balaban J connectivity index is 2.46. The van der Waals surface area contributed by atoms with Crippen molar-refractivity contribution in [3.05, 3.63) is 0 Å². The molecule has 1 rings (SSSR count). The average Bonchev–Trinajstić information content (AvgIpc) is 2.13. The van der Waals surface area contributed by atoms with Crippen LogP contribution in [0.4, 0.5) is 0 Å². The molecular weight excluding hydrogens is 148 g/mol. The van der Waals surface area contributed by atoms with Crippen molar-refractivity contribution < 1.29 is 9.53 Å². The Morgan fingerprint density at radius 2 is 2.50 bits per heavy atom. The van der Waals surface area contributed by atoms with Gasteiger partial charge < -0.3 is 4.74 Å². The van der Waals surface area contributed by atoms with Crippen LogP contribution in [0.2, 0.25) is 0 Å². The number of carbonyl (C=O) groups is 1. The van der Waals surface area contributed by atoms with Gasteiger partial charge in [0, 0.05) is 6.42 Å². The van der Waals surface area contributed by atoms with E-state index in [1.165, 1.54) is 0 Å². The van der Waals surface area contributed by atoms with Crippen molar-refractivity contribution in [2.45, 2.75) is 26.2 Å². The molecule has 0 aromatic heterocycles. The van der Waals surface area contributed by atoms with Gasteiger partial charge in [-0.1, -0.05) is 13.3 Å². The molecule has 1 aliphatic heterocycles. The van der Waals surface area contributed by atoms with Crippen LogP contribution in [0.1, 0.15) is 26.2 Å². The van der Waals surface area contributed by atoms with E-state index >= 15 is 0 Å². The minimum atomic E-state index is -0.133. The quantitative estimate of drug-likeness (QED) is 0.452. The van der Waals surface area contributed by atoms with Crippen LogP contribution in [0.5, 0.6) is 0 Å². The summed E-state index contributed by atoms with van der Waals surface area (Å²) in [6, 6.07) is 0. The topological polar surface area (TPSA) is 26.3 Å². The van der Waals surface area contributed by atoms with Crippen molar-refractivity contribution in [2.75, 3.05) is 0 Å². The molecule has 3 heteroatoms. The maximum Gasteiger partial charge on any atom is 0.315 e. The number of thiocarbonyl (C=S) groups is 1. The SMILES string of the molecule is CCCC1CC(=S)OC1=O. The van der Waals surface area contributed by atoms with Crippen LogP contribution < -0.4 is 0 Å². The summed E-state index contributed by atoms with van der Waals surface area (Å²) in [5.74, 6) is -0.0793. The standard InChI is InChI=1S/C7H10O2S/c1-2-3-5-4-6(10)9-7(5)8/h5H,2-4H2,1H3. The number of esters is 1. The summed E-state index contributed by atoms with van der Waals surface area (Å²) < 4.78 is 4.72. The van der Waals surface area contributed by atoms with Crippen LogP contribution in [0, 0.1) is 5.92 Å². The van der Waals surface area contributed by atoms with Gasteiger partial charge in [0.2, 0.25) is 0 Å². The molecule has 2 nitrogen and oxygen atoms in total. The van der Waals surface area contributed by atoms with E-state index in [0.717, 1.165) is 12.8 Å². The molecule has 10 heavy (non-hydrogen) atoms. The second kappa shape index (κ2) is 3.10. The zero-order valence-corrected chi connectivity index (χ0v) is 6.74. The minimum Gasteiger partial charge on any atom is -0.419 e. The Morgan fingerprint density at radius 1 is 1.80 bits per heavy atom. The van der Waals surface area contributed by atoms with Gasteiger partial charge in [0.15, 0.2) is 5.05 Å². The van der Waals surface area contributed by atoms with E-state index in [0.29, 0.717) is 11.5 Å². The minimum absolute atomic E-state index is 0.0532. The summed E-state index contributed by atoms with van der Waals surface area (Å²) in [5.41, 5.74) is 0. The molecule has 1 saturated heterocycles. The maximum atomic E-state index is 10.9. The van der Waals surface area contributed by atoms with Gasteiger partial charge in [-0.2, -0.15) is 0 Å². The number of hydrogen-bond acceptors (Lipinski definition) is 3. The third kappa shape index (κ3) is 1.53. The lowest BCUT2D eigenvalue weighted by atomic mass is 10.0. The first kappa shape index (κ1) is 7.66. The maximum absolute atomic E-state index is 10.9. The van der Waals surface area contributed by atoms with Crippen molar-refractivity contribution >= 4 is 23.2 Å². The van der Waals surface area contributed by atoms with Gasteiger partial charge in [0.1, 0.15) is 0 Å². The first-order chi connectivity index (χ1) is 4.74. The van der Waals surface area contributed by atoms with Crippen molar-refractivity contribution in [1.82, 2.24) is 0 Å². The molecule has 1 aliphatic rings. The van der Waals surface area contributed by atoms with E-state index < -0.39 is 0 Å². The fourth-order valence-electron chi connectivity index (χ4n) is 1.09. The van der Waals surface area contributed by atoms with E-state index in [2.05, 4.69) is 6.92 Å². The Hall–Kier alpha value is -0.440. The van der Waals surface area contributed by atoms with Crippen molar-refractivity contribution in [1.29, 1.82) is 0 Å². The molecule has 0 bridgehead atoms. The van der Waals surface area contributed by atoms with E-state index in [1.54, 1.807) is 0 Å². The average molecular weight is 158 g/mol. The van der Waals surface area contributed by atoms with Crippen LogP contribution in [-0.2, 0) is 9.53 Å². The first-order valence-electron chi connectivity index (χ1n) is 3.48. The lowest BCUT2D eigenvalue weighted by Gasteiger charge is -1.98. The summed E-state index contributed by atoms with van der Waals surface area (Å²) in [6.45, 7) is 2.05. The van der Waals surface area contributed by atoms with E-state index in [4.69, 9.17) is 17.0 Å². The summed E-state index contributed by atoms with van der Waals surface area (Å²) in [4.78, 5) is 10.9. The highest BCUT2D eigenvalue weighted by Gasteiger charge is 2.29. The predicted molar refractivity (Wildman–Crippen MR) is 41.7 cm³/mol. The first-order valence-corrected chi connectivity index (χ1v) is 3.89. The van der Waals surface area contributed by atoms with Gasteiger partial charge in [-0.25, -0.2) is 0 Å². The third-order valence-electron chi connectivity index (χ3n) is 1.60. The van der Waals surface area contributed by atoms with Crippen LogP contribution in [-0.4, -0.2) is 11.0 Å². The monoisotopic (exact) mass is 158 g/mol. The Kier molecular flexibility index (Phi) is 2.38. The van der Waals surface area contributed by atoms with Gasteiger partial charge in [-0.05, 0) is 18.6 Å². The molecule has 1 unspecified atom stereocenters. The van der Waals surface area contributed by atoms with Crippen LogP contribution in [0.25, 0.3) is 0 Å². The summed E-state index contributed by atoms with van der Waals surface area (Å²) in [5, 5.41) is 0.462. The van der Waals surface area contributed by atoms with Crippen molar-refractivity contribution in [3.63, 3.8) is 0 Å². The Morgan fingerprint density at radius 3 is 2.90 bits per heavy atom. The molecule has 56 valence electrons. The molecule has 0 aromatic rings. The van der Waals surface area contributed by atoms with Gasteiger partial charge in [-0.15, -0.1) is 0 Å². The third-order valence-corrected chi connectivity index (χ3v) is 1.85. The molecular formula is C7H10O2S. The molecule has 1 atom stereocenters. The lowest BCUT2D eigenvalue weighted by Crippen LogP contribution is -2.06. The van der Waals surface area contributed by atoms with E-state index in [-0.39, 0.29) is 11.9 Å². The highest BCUT2D eigenvalue weighted by atomic mass is 32.1. The number of carbonyl (C=O) groups excluding carboxylic acids is 1. The van der Waals surface area contributed by atoms with E-state index in [9.17, 15) is 4.79 Å². The zero-order valence-electron chi connectivity index (χ0n) is 5.92. The molecule has 0 spiro atoms. The second-order valence-corrected chi connectivity index (χ2v) is 2.94. The smallest absolute Gasteiger partial charge is 0.315 e. The summed E-state index contributed by atoms with van der Waals surface area (Å²) >= 11 is 4.74. The van der Waals surface area contributed by atoms with Gasteiger partial charge in [0.05, 0.1) is 5.92 Å². The fourth-order valence-corrected chi connectivity index (χ4v) is 1.37. The van der Waals surface area contributed by atoms with Crippen LogP contribution in [0.15, 0.2) is 0 Å². The molecule has 0 aliphatic carbocycles. The molecule has 0 amide bonds. The normalized spacial score (nSPS) is 25.1. The number of ether oxygens (including phenoxy) is 1. The predicted octanol–water partition coefficient (Wildman–Crippen LogP) is 1.68. The second-order valence-electron chi connectivity index (χ2n) is 2.48. The molecule has 0 aromatic carbocycles. The molecule has 0 N–H and O–H groups in total. The Bertz CT molecular complexity index is 165. The van der Waals surface area contributed by atoms with Crippen LogP contribution >= 0.6 is 12.2 Å². The van der Waals surface area contributed by atoms with Gasteiger partial charge >= 0.3 is 5.97 Å². The largest absolute Gasteiger partial charge is 0.419 e. The number of rotatable bonds is 2. The highest BCUT2D eigenvalue weighted by molar-refractivity contribution is 7.80. The van der Waals surface area contributed by atoms with Crippen LogP contribution in [0.3, 0.4) is 0 Å². The summed E-state index contributed by atoms with van der Waals surface area (Å²) in [6.07, 6.45) is 2.57. The molecule has 1 heterocycles. The van der Waals surface area contributed by atoms with Gasteiger partial charge in [0.25, 0.3) is 0 Å². The van der Waals surface area contributed by atoms with Gasteiger partial charge in [-0.3, -0.25) is 4.79 Å². The number of cyclic esters (lactones) is 1. The fraction of sp³-hybridized carbons (Fsp3) is 0.714. The van der Waals surface area contributed by atoms with E-state index in [1.807, 2.05) is 0 Å².